The van der Waals surface area contributed by atoms with Crippen LogP contribution in [0.25, 0.3) is 0 Å². The van der Waals surface area contributed by atoms with Gasteiger partial charge in [0.15, 0.2) is 0 Å². The maximum atomic E-state index is 12.7. The van der Waals surface area contributed by atoms with Crippen LogP contribution in [0.2, 0.25) is 0 Å². The second-order valence-electron chi connectivity index (χ2n) is 5.85. The summed E-state index contributed by atoms with van der Waals surface area (Å²) in [5, 5.41) is 0. The molecular weight excluding hydrogens is 291 g/mol. The van der Waals surface area contributed by atoms with Crippen molar-refractivity contribution in [3.05, 3.63) is 35.4 Å². The van der Waals surface area contributed by atoms with E-state index in [9.17, 15) is 13.2 Å². The van der Waals surface area contributed by atoms with Crippen LogP contribution < -0.4 is 5.73 Å². The number of alkyl halides is 3. The lowest BCUT2D eigenvalue weighted by Gasteiger charge is -2.43. The normalized spacial score (nSPS) is 22.7. The van der Waals surface area contributed by atoms with Gasteiger partial charge >= 0.3 is 6.18 Å². The Hall–Kier alpha value is -1.11. The van der Waals surface area contributed by atoms with Gasteiger partial charge in [-0.15, -0.1) is 0 Å². The van der Waals surface area contributed by atoms with Crippen LogP contribution in [0.5, 0.6) is 0 Å². The number of halogens is 3. The Morgan fingerprint density at radius 3 is 2.32 bits per heavy atom. The first-order valence-electron chi connectivity index (χ1n) is 7.72. The third kappa shape index (κ3) is 3.80. The molecule has 0 spiro atoms. The Morgan fingerprint density at radius 1 is 1.23 bits per heavy atom. The van der Waals surface area contributed by atoms with Crippen molar-refractivity contribution in [3.63, 3.8) is 0 Å². The molecule has 1 aliphatic heterocycles. The van der Waals surface area contributed by atoms with E-state index in [1.165, 1.54) is 0 Å². The smallest absolute Gasteiger partial charge is 0.329 e. The quantitative estimate of drug-likeness (QED) is 0.927. The summed E-state index contributed by atoms with van der Waals surface area (Å²) in [5.74, 6) is 0. The molecule has 124 valence electrons. The van der Waals surface area contributed by atoms with Crippen LogP contribution in [0.1, 0.15) is 31.0 Å². The van der Waals surface area contributed by atoms with Gasteiger partial charge in [0, 0.05) is 38.3 Å². The number of rotatable bonds is 4. The van der Waals surface area contributed by atoms with Crippen molar-refractivity contribution in [1.29, 1.82) is 0 Å². The van der Waals surface area contributed by atoms with Gasteiger partial charge in [0.1, 0.15) is 0 Å². The van der Waals surface area contributed by atoms with Crippen LogP contribution in [0.4, 0.5) is 13.2 Å². The first kappa shape index (κ1) is 17.2. The summed E-state index contributed by atoms with van der Waals surface area (Å²) in [5.41, 5.74) is 6.15. The average molecular weight is 315 g/mol. The Morgan fingerprint density at radius 2 is 1.86 bits per heavy atom. The minimum Gasteiger partial charge on any atom is -0.329 e. The third-order valence-corrected chi connectivity index (χ3v) is 4.46. The highest BCUT2D eigenvalue weighted by Gasteiger charge is 2.32. The number of piperazine rings is 1. The molecule has 1 saturated heterocycles. The molecule has 1 aromatic carbocycles. The fourth-order valence-corrected chi connectivity index (χ4v) is 3.15. The van der Waals surface area contributed by atoms with Crippen LogP contribution in [0.3, 0.4) is 0 Å². The van der Waals surface area contributed by atoms with Gasteiger partial charge in [0.25, 0.3) is 0 Å². The maximum absolute atomic E-state index is 12.7. The van der Waals surface area contributed by atoms with E-state index in [0.717, 1.165) is 43.9 Å². The summed E-state index contributed by atoms with van der Waals surface area (Å²) in [6.07, 6.45) is -4.29. The second-order valence-corrected chi connectivity index (χ2v) is 5.85. The molecule has 0 bridgehead atoms. The molecule has 0 amide bonds. The summed E-state index contributed by atoms with van der Waals surface area (Å²) in [4.78, 5) is 4.68. The van der Waals surface area contributed by atoms with Crippen LogP contribution >= 0.6 is 0 Å². The summed E-state index contributed by atoms with van der Waals surface area (Å²) in [7, 11) is 0. The molecule has 1 aliphatic rings. The van der Waals surface area contributed by atoms with E-state index in [4.69, 9.17) is 5.73 Å². The number of hydrogen-bond donors (Lipinski definition) is 1. The number of benzene rings is 1. The van der Waals surface area contributed by atoms with Crippen molar-refractivity contribution in [2.45, 2.75) is 32.1 Å². The fraction of sp³-hybridized carbons (Fsp3) is 0.625. The molecule has 22 heavy (non-hydrogen) atoms. The van der Waals surface area contributed by atoms with Crippen molar-refractivity contribution in [2.75, 3.05) is 32.7 Å². The zero-order valence-corrected chi connectivity index (χ0v) is 13.1. The van der Waals surface area contributed by atoms with Crippen molar-refractivity contribution in [1.82, 2.24) is 9.80 Å². The molecule has 3 nitrogen and oxygen atoms in total. The Balaban J connectivity index is 2.14. The van der Waals surface area contributed by atoms with Gasteiger partial charge in [0.05, 0.1) is 5.56 Å². The van der Waals surface area contributed by atoms with Crippen LogP contribution in [-0.4, -0.2) is 48.6 Å². The molecule has 2 rings (SSSR count). The highest BCUT2D eigenvalue weighted by Crippen LogP contribution is 2.31. The predicted molar refractivity (Wildman–Crippen MR) is 81.5 cm³/mol. The molecule has 2 N–H and O–H groups in total. The van der Waals surface area contributed by atoms with Gasteiger partial charge in [-0.05, 0) is 31.2 Å². The highest BCUT2D eigenvalue weighted by molar-refractivity contribution is 5.27. The molecule has 2 atom stereocenters. The van der Waals surface area contributed by atoms with Gasteiger partial charge in [-0.3, -0.25) is 4.90 Å². The fourth-order valence-electron chi connectivity index (χ4n) is 3.15. The van der Waals surface area contributed by atoms with Crippen molar-refractivity contribution in [2.24, 2.45) is 5.73 Å². The lowest BCUT2D eigenvalue weighted by atomic mass is 10.0. The monoisotopic (exact) mass is 315 g/mol. The Kier molecular flexibility index (Phi) is 5.47. The molecule has 0 aliphatic carbocycles. The van der Waals surface area contributed by atoms with Gasteiger partial charge in [-0.1, -0.05) is 19.1 Å². The largest absolute Gasteiger partial charge is 0.416 e. The molecule has 0 saturated carbocycles. The molecule has 6 heteroatoms. The minimum atomic E-state index is -4.29. The average Bonchev–Trinajstić information content (AvgIpc) is 2.49. The highest BCUT2D eigenvalue weighted by atomic mass is 19.4. The molecule has 1 aromatic rings. The van der Waals surface area contributed by atoms with Crippen LogP contribution in [0, 0.1) is 0 Å². The molecule has 0 radical (unpaired) electrons. The maximum Gasteiger partial charge on any atom is 0.416 e. The second kappa shape index (κ2) is 6.98. The zero-order valence-electron chi connectivity index (χ0n) is 13.1. The van der Waals surface area contributed by atoms with E-state index in [1.807, 2.05) is 0 Å². The van der Waals surface area contributed by atoms with Gasteiger partial charge in [-0.25, -0.2) is 0 Å². The predicted octanol–water partition coefficient (Wildman–Crippen LogP) is 2.73. The van der Waals surface area contributed by atoms with Gasteiger partial charge < -0.3 is 10.6 Å². The third-order valence-electron chi connectivity index (χ3n) is 4.46. The van der Waals surface area contributed by atoms with E-state index in [2.05, 4.69) is 23.6 Å². The molecule has 1 heterocycles. The van der Waals surface area contributed by atoms with E-state index in [0.29, 0.717) is 12.6 Å². The summed E-state index contributed by atoms with van der Waals surface area (Å²) < 4.78 is 38.0. The molecule has 2 unspecified atom stereocenters. The number of nitrogens with zero attached hydrogens (tertiary/aromatic N) is 2. The zero-order chi connectivity index (χ0) is 16.3. The first-order valence-corrected chi connectivity index (χ1v) is 7.72. The summed E-state index contributed by atoms with van der Waals surface area (Å²) in [6.45, 7) is 8.53. The van der Waals surface area contributed by atoms with E-state index < -0.39 is 11.7 Å². The molecular formula is C16H24F3N3. The molecule has 0 aromatic heterocycles. The SMILES string of the molecule is CCN1CCN(C(CN)c2ccc(C(F)(F)F)cc2)C(C)C1. The van der Waals surface area contributed by atoms with E-state index in [1.54, 1.807) is 12.1 Å². The Labute approximate surface area is 129 Å². The lowest BCUT2D eigenvalue weighted by molar-refractivity contribution is -0.137. The van der Waals surface area contributed by atoms with E-state index >= 15 is 0 Å². The minimum absolute atomic E-state index is 0.0312. The van der Waals surface area contributed by atoms with Gasteiger partial charge in [0.2, 0.25) is 0 Å². The summed E-state index contributed by atoms with van der Waals surface area (Å²) in [6, 6.07) is 5.70. The number of likely N-dealkylation sites (N-methyl/N-ethyl adjacent to an activating group) is 1. The standard InChI is InChI=1S/C16H24F3N3/c1-3-21-8-9-22(12(2)11-21)15(10-20)13-4-6-14(7-5-13)16(17,18)19/h4-7,12,15H,3,8-11,20H2,1-2H3. The van der Waals surface area contributed by atoms with Crippen molar-refractivity contribution < 1.29 is 13.2 Å². The topological polar surface area (TPSA) is 32.5 Å². The number of hydrogen-bond acceptors (Lipinski definition) is 3. The lowest BCUT2D eigenvalue weighted by Crippen LogP contribution is -2.53. The Bertz CT molecular complexity index is 473. The van der Waals surface area contributed by atoms with Crippen LogP contribution in [-0.2, 0) is 6.18 Å². The van der Waals surface area contributed by atoms with Gasteiger partial charge in [-0.2, -0.15) is 13.2 Å². The van der Waals surface area contributed by atoms with Crippen LogP contribution in [0.15, 0.2) is 24.3 Å². The molecule has 1 fully saturated rings. The summed E-state index contributed by atoms with van der Waals surface area (Å²) >= 11 is 0. The van der Waals surface area contributed by atoms with Crippen molar-refractivity contribution in [3.8, 4) is 0 Å². The number of nitrogens with two attached hydrogens (primary N) is 1. The van der Waals surface area contributed by atoms with E-state index in [-0.39, 0.29) is 6.04 Å². The van der Waals surface area contributed by atoms with Crippen molar-refractivity contribution >= 4 is 0 Å². The first-order chi connectivity index (χ1) is 10.4.